The molecule has 106 valence electrons. The molecule has 0 aliphatic heterocycles. The minimum atomic E-state index is 0.213. The highest BCUT2D eigenvalue weighted by atomic mass is 14.2. The third-order valence-electron chi connectivity index (χ3n) is 4.03. The molecule has 1 aromatic rings. The lowest BCUT2D eigenvalue weighted by atomic mass is 9.84. The number of rotatable bonds is 1. The quantitative estimate of drug-likeness (QED) is 0.577. The summed E-state index contributed by atoms with van der Waals surface area (Å²) in [5.41, 5.74) is 8.56. The minimum absolute atomic E-state index is 0.213. The van der Waals surface area contributed by atoms with Crippen LogP contribution < -0.4 is 0 Å². The summed E-state index contributed by atoms with van der Waals surface area (Å²) >= 11 is 0. The van der Waals surface area contributed by atoms with E-state index in [1.807, 2.05) is 0 Å². The average molecular weight is 266 g/mol. The van der Waals surface area contributed by atoms with Gasteiger partial charge in [-0.3, -0.25) is 0 Å². The molecule has 0 N–H and O–H groups in total. The zero-order chi connectivity index (χ0) is 14.9. The number of hydrogen-bond acceptors (Lipinski definition) is 0. The summed E-state index contributed by atoms with van der Waals surface area (Å²) < 4.78 is 0. The van der Waals surface area contributed by atoms with E-state index >= 15 is 0 Å². The molecular formula is C20H26. The standard InChI is InChI=1S/C20H26/c1-14-7-10-17(11-8-14)19-15(2)9-12-18(13-16(19)3)20(4,5)6/h7-8,10-13H,9H2,1-6H3. The van der Waals surface area contributed by atoms with Gasteiger partial charge < -0.3 is 0 Å². The van der Waals surface area contributed by atoms with Crippen LogP contribution in [0, 0.1) is 12.3 Å². The van der Waals surface area contributed by atoms with Crippen LogP contribution in [0.3, 0.4) is 0 Å². The van der Waals surface area contributed by atoms with Crippen molar-refractivity contribution >= 4 is 5.57 Å². The molecule has 0 spiro atoms. The van der Waals surface area contributed by atoms with Crippen LogP contribution in [0.5, 0.6) is 0 Å². The van der Waals surface area contributed by atoms with Gasteiger partial charge in [0.15, 0.2) is 0 Å². The fourth-order valence-electron chi connectivity index (χ4n) is 2.78. The van der Waals surface area contributed by atoms with Crippen molar-refractivity contribution in [3.05, 3.63) is 64.3 Å². The topological polar surface area (TPSA) is 0 Å². The highest BCUT2D eigenvalue weighted by molar-refractivity contribution is 5.82. The van der Waals surface area contributed by atoms with Crippen molar-refractivity contribution < 1.29 is 0 Å². The average Bonchev–Trinajstić information content (AvgIpc) is 2.49. The van der Waals surface area contributed by atoms with E-state index in [1.165, 1.54) is 33.4 Å². The number of benzene rings is 1. The summed E-state index contributed by atoms with van der Waals surface area (Å²) in [7, 11) is 0. The van der Waals surface area contributed by atoms with Gasteiger partial charge in [0, 0.05) is 0 Å². The van der Waals surface area contributed by atoms with E-state index in [2.05, 4.69) is 78.0 Å². The molecular weight excluding hydrogens is 240 g/mol. The highest BCUT2D eigenvalue weighted by Gasteiger charge is 2.19. The van der Waals surface area contributed by atoms with E-state index in [9.17, 15) is 0 Å². The van der Waals surface area contributed by atoms with Crippen molar-refractivity contribution in [2.45, 2.75) is 48.0 Å². The largest absolute Gasteiger partial charge is 0.0767 e. The summed E-state index contributed by atoms with van der Waals surface area (Å²) in [5, 5.41) is 0. The second-order valence-corrected chi connectivity index (χ2v) is 6.96. The predicted octanol–water partition coefficient (Wildman–Crippen LogP) is 6.09. The van der Waals surface area contributed by atoms with Gasteiger partial charge in [0.1, 0.15) is 0 Å². The molecule has 0 amide bonds. The smallest absolute Gasteiger partial charge is 0.0126 e. The van der Waals surface area contributed by atoms with E-state index < -0.39 is 0 Å². The molecule has 1 aliphatic rings. The fourth-order valence-corrected chi connectivity index (χ4v) is 2.78. The van der Waals surface area contributed by atoms with Gasteiger partial charge in [-0.05, 0) is 54.9 Å². The Hall–Kier alpha value is -1.56. The Balaban J connectivity index is 2.47. The molecule has 0 heteroatoms. The molecule has 20 heavy (non-hydrogen) atoms. The van der Waals surface area contributed by atoms with Crippen LogP contribution in [-0.2, 0) is 0 Å². The minimum Gasteiger partial charge on any atom is -0.0767 e. The van der Waals surface area contributed by atoms with Crippen LogP contribution in [-0.4, -0.2) is 0 Å². The maximum Gasteiger partial charge on any atom is -0.0126 e. The van der Waals surface area contributed by atoms with Crippen molar-refractivity contribution in [2.75, 3.05) is 0 Å². The van der Waals surface area contributed by atoms with Gasteiger partial charge >= 0.3 is 0 Å². The van der Waals surface area contributed by atoms with Crippen LogP contribution in [0.2, 0.25) is 0 Å². The highest BCUT2D eigenvalue weighted by Crippen LogP contribution is 2.36. The van der Waals surface area contributed by atoms with E-state index in [-0.39, 0.29) is 5.41 Å². The second-order valence-electron chi connectivity index (χ2n) is 6.96. The van der Waals surface area contributed by atoms with Crippen molar-refractivity contribution in [3.8, 4) is 0 Å². The fraction of sp³-hybridized carbons (Fsp3) is 0.400. The first-order chi connectivity index (χ1) is 9.29. The number of allylic oxidation sites excluding steroid dienone is 6. The van der Waals surface area contributed by atoms with Crippen molar-refractivity contribution in [3.63, 3.8) is 0 Å². The Morgan fingerprint density at radius 3 is 2.05 bits per heavy atom. The Morgan fingerprint density at radius 1 is 0.900 bits per heavy atom. The Bertz CT molecular complexity index is 584. The first-order valence-electron chi connectivity index (χ1n) is 7.45. The molecule has 0 fully saturated rings. The third-order valence-corrected chi connectivity index (χ3v) is 4.03. The van der Waals surface area contributed by atoms with Gasteiger partial charge in [0.2, 0.25) is 0 Å². The van der Waals surface area contributed by atoms with E-state index in [0.717, 1.165) is 6.42 Å². The van der Waals surface area contributed by atoms with Gasteiger partial charge in [-0.25, -0.2) is 0 Å². The van der Waals surface area contributed by atoms with Crippen LogP contribution in [0.4, 0.5) is 0 Å². The number of aryl methyl sites for hydroxylation is 1. The second kappa shape index (κ2) is 5.44. The third kappa shape index (κ3) is 3.12. The monoisotopic (exact) mass is 266 g/mol. The van der Waals surface area contributed by atoms with Gasteiger partial charge in [-0.15, -0.1) is 0 Å². The molecule has 0 radical (unpaired) electrons. The lowest BCUT2D eigenvalue weighted by Crippen LogP contribution is -2.07. The molecule has 0 bridgehead atoms. The molecule has 0 unspecified atom stereocenters. The van der Waals surface area contributed by atoms with E-state index in [1.54, 1.807) is 0 Å². The summed E-state index contributed by atoms with van der Waals surface area (Å²) in [6, 6.07) is 8.89. The van der Waals surface area contributed by atoms with Crippen molar-refractivity contribution in [2.24, 2.45) is 5.41 Å². The zero-order valence-corrected chi connectivity index (χ0v) is 13.7. The molecule has 0 saturated heterocycles. The van der Waals surface area contributed by atoms with Crippen LogP contribution in [0.15, 0.2) is 53.1 Å². The summed E-state index contributed by atoms with van der Waals surface area (Å²) in [6.07, 6.45) is 5.80. The maximum absolute atomic E-state index is 2.39. The maximum atomic E-state index is 2.39. The van der Waals surface area contributed by atoms with Crippen molar-refractivity contribution in [1.29, 1.82) is 0 Å². The SMILES string of the molecule is CC1=CC(C(C)(C)C)=CCC(C)=C1c1ccc(C)cc1. The zero-order valence-electron chi connectivity index (χ0n) is 13.7. The van der Waals surface area contributed by atoms with Gasteiger partial charge in [-0.1, -0.05) is 68.3 Å². The Kier molecular flexibility index (Phi) is 4.04. The van der Waals surface area contributed by atoms with E-state index in [4.69, 9.17) is 0 Å². The summed E-state index contributed by atoms with van der Waals surface area (Å²) in [5.74, 6) is 0. The molecule has 2 rings (SSSR count). The Morgan fingerprint density at radius 2 is 1.50 bits per heavy atom. The van der Waals surface area contributed by atoms with Gasteiger partial charge in [0.25, 0.3) is 0 Å². The molecule has 1 aromatic carbocycles. The van der Waals surface area contributed by atoms with Gasteiger partial charge in [0.05, 0.1) is 0 Å². The predicted molar refractivity (Wildman–Crippen MR) is 89.7 cm³/mol. The Labute approximate surface area is 123 Å². The van der Waals surface area contributed by atoms with Crippen molar-refractivity contribution in [1.82, 2.24) is 0 Å². The van der Waals surface area contributed by atoms with Crippen LogP contribution in [0.1, 0.15) is 52.2 Å². The lowest BCUT2D eigenvalue weighted by molar-refractivity contribution is 0.515. The summed E-state index contributed by atoms with van der Waals surface area (Å²) in [6.45, 7) is 13.5. The molecule has 0 heterocycles. The van der Waals surface area contributed by atoms with E-state index in [0.29, 0.717) is 0 Å². The molecule has 0 atom stereocenters. The molecule has 1 aliphatic carbocycles. The lowest BCUT2D eigenvalue weighted by Gasteiger charge is -2.20. The normalized spacial score (nSPS) is 16.7. The molecule has 0 nitrogen and oxygen atoms in total. The van der Waals surface area contributed by atoms with Crippen LogP contribution in [0.25, 0.3) is 5.57 Å². The van der Waals surface area contributed by atoms with Gasteiger partial charge in [-0.2, -0.15) is 0 Å². The number of hydrogen-bond donors (Lipinski definition) is 0. The molecule has 0 saturated carbocycles. The van der Waals surface area contributed by atoms with Crippen LogP contribution >= 0.6 is 0 Å². The first-order valence-corrected chi connectivity index (χ1v) is 7.45. The summed E-state index contributed by atoms with van der Waals surface area (Å²) in [4.78, 5) is 0. The first kappa shape index (κ1) is 14.8. The molecule has 0 aromatic heterocycles.